The lowest BCUT2D eigenvalue weighted by molar-refractivity contribution is 0.413. The first kappa shape index (κ1) is 13.7. The molecule has 1 heterocycles. The second kappa shape index (κ2) is 6.43. The summed E-state index contributed by atoms with van der Waals surface area (Å²) < 4.78 is 10.7. The molecule has 3 nitrogen and oxygen atoms in total. The first-order valence-electron chi connectivity index (χ1n) is 6.67. The molecule has 0 radical (unpaired) electrons. The van der Waals surface area contributed by atoms with Gasteiger partial charge in [0.15, 0.2) is 0 Å². The molecule has 102 valence electrons. The summed E-state index contributed by atoms with van der Waals surface area (Å²) in [6.07, 6.45) is 2.92. The van der Waals surface area contributed by atoms with E-state index in [1.807, 2.05) is 25.3 Å². The molecule has 0 aliphatic rings. The van der Waals surface area contributed by atoms with Gasteiger partial charge in [-0.3, -0.25) is 0 Å². The van der Waals surface area contributed by atoms with Gasteiger partial charge in [0.1, 0.15) is 11.5 Å². The van der Waals surface area contributed by atoms with E-state index in [2.05, 4.69) is 30.4 Å². The number of ether oxygens (including phenoxy) is 1. The standard InChI is InChI=1S/C16H21NO2/c1-4-8-17-16(14-9-12(2)19-11-14)13-6-5-7-15(10-13)18-3/h5-7,9-11,16-17H,4,8H2,1-3H3. The SMILES string of the molecule is CCCNC(c1cccc(OC)c1)c1coc(C)c1. The van der Waals surface area contributed by atoms with Gasteiger partial charge in [0, 0.05) is 5.56 Å². The monoisotopic (exact) mass is 259 g/mol. The minimum Gasteiger partial charge on any atom is -0.497 e. The van der Waals surface area contributed by atoms with Crippen LogP contribution >= 0.6 is 0 Å². The third-order valence-corrected chi connectivity index (χ3v) is 3.11. The van der Waals surface area contributed by atoms with Crippen LogP contribution in [0.3, 0.4) is 0 Å². The minimum atomic E-state index is 0.146. The first-order valence-corrected chi connectivity index (χ1v) is 6.67. The number of aryl methyl sites for hydroxylation is 1. The summed E-state index contributed by atoms with van der Waals surface area (Å²) >= 11 is 0. The lowest BCUT2D eigenvalue weighted by Crippen LogP contribution is -2.22. The van der Waals surface area contributed by atoms with E-state index in [4.69, 9.17) is 9.15 Å². The molecule has 0 fully saturated rings. The molecule has 0 spiro atoms. The maximum Gasteiger partial charge on any atom is 0.119 e. The molecule has 19 heavy (non-hydrogen) atoms. The van der Waals surface area contributed by atoms with Gasteiger partial charge in [0.05, 0.1) is 19.4 Å². The van der Waals surface area contributed by atoms with E-state index in [1.54, 1.807) is 7.11 Å². The molecule has 0 saturated heterocycles. The van der Waals surface area contributed by atoms with Gasteiger partial charge >= 0.3 is 0 Å². The van der Waals surface area contributed by atoms with Crippen LogP contribution in [0.1, 0.15) is 36.3 Å². The summed E-state index contributed by atoms with van der Waals surface area (Å²) in [5, 5.41) is 3.55. The summed E-state index contributed by atoms with van der Waals surface area (Å²) in [7, 11) is 1.69. The number of furan rings is 1. The van der Waals surface area contributed by atoms with Gasteiger partial charge in [-0.05, 0) is 43.7 Å². The van der Waals surface area contributed by atoms with Gasteiger partial charge in [-0.15, -0.1) is 0 Å². The lowest BCUT2D eigenvalue weighted by Gasteiger charge is -2.18. The molecule has 0 saturated carbocycles. The number of benzene rings is 1. The molecular formula is C16H21NO2. The van der Waals surface area contributed by atoms with Gasteiger partial charge in [0.25, 0.3) is 0 Å². The predicted octanol–water partition coefficient (Wildman–Crippen LogP) is 3.69. The highest BCUT2D eigenvalue weighted by Gasteiger charge is 2.15. The second-order valence-electron chi connectivity index (χ2n) is 4.65. The maximum atomic E-state index is 5.43. The van der Waals surface area contributed by atoms with Crippen molar-refractivity contribution in [3.63, 3.8) is 0 Å². The number of hydrogen-bond donors (Lipinski definition) is 1. The molecule has 0 aliphatic carbocycles. The van der Waals surface area contributed by atoms with Crippen LogP contribution in [0.25, 0.3) is 0 Å². The Kier molecular flexibility index (Phi) is 4.63. The summed E-state index contributed by atoms with van der Waals surface area (Å²) in [5.41, 5.74) is 2.34. The van der Waals surface area contributed by atoms with Crippen molar-refractivity contribution in [2.24, 2.45) is 0 Å². The van der Waals surface area contributed by atoms with Gasteiger partial charge < -0.3 is 14.5 Å². The molecule has 0 amide bonds. The first-order chi connectivity index (χ1) is 9.24. The van der Waals surface area contributed by atoms with Crippen molar-refractivity contribution < 1.29 is 9.15 Å². The molecule has 0 aliphatic heterocycles. The van der Waals surface area contributed by atoms with Crippen molar-refractivity contribution in [3.8, 4) is 5.75 Å². The third kappa shape index (κ3) is 3.38. The summed E-state index contributed by atoms with van der Waals surface area (Å²) in [6, 6.07) is 10.4. The average Bonchev–Trinajstić information content (AvgIpc) is 2.86. The maximum absolute atomic E-state index is 5.43. The van der Waals surface area contributed by atoms with Crippen LogP contribution < -0.4 is 10.1 Å². The molecule has 0 bridgehead atoms. The van der Waals surface area contributed by atoms with E-state index in [9.17, 15) is 0 Å². The molecular weight excluding hydrogens is 238 g/mol. The summed E-state index contributed by atoms with van der Waals surface area (Å²) in [4.78, 5) is 0. The van der Waals surface area contributed by atoms with Crippen LogP contribution in [0.4, 0.5) is 0 Å². The molecule has 1 aromatic carbocycles. The van der Waals surface area contributed by atoms with E-state index >= 15 is 0 Å². The van der Waals surface area contributed by atoms with Crippen molar-refractivity contribution in [3.05, 3.63) is 53.5 Å². The van der Waals surface area contributed by atoms with E-state index in [0.29, 0.717) is 0 Å². The van der Waals surface area contributed by atoms with Gasteiger partial charge in [0.2, 0.25) is 0 Å². The van der Waals surface area contributed by atoms with Crippen molar-refractivity contribution in [1.82, 2.24) is 5.32 Å². The Morgan fingerprint density at radius 3 is 2.74 bits per heavy atom. The van der Waals surface area contributed by atoms with E-state index in [0.717, 1.165) is 30.0 Å². The van der Waals surface area contributed by atoms with Gasteiger partial charge in [-0.2, -0.15) is 0 Å². The molecule has 1 atom stereocenters. The van der Waals surface area contributed by atoms with Crippen LogP contribution in [-0.2, 0) is 0 Å². The number of rotatable bonds is 6. The Morgan fingerprint density at radius 2 is 2.11 bits per heavy atom. The number of hydrogen-bond acceptors (Lipinski definition) is 3. The van der Waals surface area contributed by atoms with Crippen LogP contribution in [0.5, 0.6) is 5.75 Å². The van der Waals surface area contributed by atoms with Gasteiger partial charge in [-0.1, -0.05) is 19.1 Å². The van der Waals surface area contributed by atoms with Crippen LogP contribution in [0.15, 0.2) is 41.0 Å². The molecule has 2 rings (SSSR count). The van der Waals surface area contributed by atoms with Gasteiger partial charge in [-0.25, -0.2) is 0 Å². The van der Waals surface area contributed by atoms with E-state index in [-0.39, 0.29) is 6.04 Å². The van der Waals surface area contributed by atoms with Crippen LogP contribution in [0, 0.1) is 6.92 Å². The Morgan fingerprint density at radius 1 is 1.26 bits per heavy atom. The lowest BCUT2D eigenvalue weighted by atomic mass is 10.0. The van der Waals surface area contributed by atoms with Crippen molar-refractivity contribution in [2.75, 3.05) is 13.7 Å². The van der Waals surface area contributed by atoms with E-state index in [1.165, 1.54) is 5.56 Å². The highest BCUT2D eigenvalue weighted by atomic mass is 16.5. The minimum absolute atomic E-state index is 0.146. The smallest absolute Gasteiger partial charge is 0.119 e. The third-order valence-electron chi connectivity index (χ3n) is 3.11. The molecule has 1 N–H and O–H groups in total. The zero-order valence-electron chi connectivity index (χ0n) is 11.8. The number of nitrogens with one attached hydrogen (secondary N) is 1. The Balaban J connectivity index is 2.30. The molecule has 1 unspecified atom stereocenters. The zero-order chi connectivity index (χ0) is 13.7. The highest BCUT2D eigenvalue weighted by molar-refractivity contribution is 5.36. The molecule has 3 heteroatoms. The summed E-state index contributed by atoms with van der Waals surface area (Å²) in [5.74, 6) is 1.81. The van der Waals surface area contributed by atoms with Crippen LogP contribution in [-0.4, -0.2) is 13.7 Å². The largest absolute Gasteiger partial charge is 0.497 e. The van der Waals surface area contributed by atoms with Crippen LogP contribution in [0.2, 0.25) is 0 Å². The second-order valence-corrected chi connectivity index (χ2v) is 4.65. The fraction of sp³-hybridized carbons (Fsp3) is 0.375. The summed E-state index contributed by atoms with van der Waals surface area (Å²) in [6.45, 7) is 5.09. The van der Waals surface area contributed by atoms with Crippen molar-refractivity contribution in [2.45, 2.75) is 26.3 Å². The fourth-order valence-corrected chi connectivity index (χ4v) is 2.15. The molecule has 2 aromatic rings. The van der Waals surface area contributed by atoms with Crippen molar-refractivity contribution in [1.29, 1.82) is 0 Å². The normalized spacial score (nSPS) is 12.4. The zero-order valence-corrected chi connectivity index (χ0v) is 11.8. The molecule has 1 aromatic heterocycles. The predicted molar refractivity (Wildman–Crippen MR) is 76.6 cm³/mol. The Labute approximate surface area is 114 Å². The van der Waals surface area contributed by atoms with E-state index < -0.39 is 0 Å². The fourth-order valence-electron chi connectivity index (χ4n) is 2.15. The number of methoxy groups -OCH3 is 1. The Hall–Kier alpha value is -1.74. The highest BCUT2D eigenvalue weighted by Crippen LogP contribution is 2.26. The quantitative estimate of drug-likeness (QED) is 0.859. The average molecular weight is 259 g/mol. The topological polar surface area (TPSA) is 34.4 Å². The Bertz CT molecular complexity index is 519. The van der Waals surface area contributed by atoms with Crippen molar-refractivity contribution >= 4 is 0 Å².